The molecule has 0 rings (SSSR count). The molecule has 0 bridgehead atoms. The summed E-state index contributed by atoms with van der Waals surface area (Å²) in [4.78, 5) is 25.0. The van der Waals surface area contributed by atoms with Crippen LogP contribution < -0.4 is 10.6 Å². The molecule has 20 heavy (non-hydrogen) atoms. The van der Waals surface area contributed by atoms with Gasteiger partial charge >= 0.3 is 12.0 Å². The highest BCUT2D eigenvalue weighted by Crippen LogP contribution is 2.19. The van der Waals surface area contributed by atoms with Gasteiger partial charge in [0.2, 0.25) is 0 Å². The number of nitrogens with one attached hydrogen (secondary N) is 2. The molecule has 6 nitrogen and oxygen atoms in total. The van der Waals surface area contributed by atoms with Crippen molar-refractivity contribution >= 4 is 12.0 Å². The summed E-state index contributed by atoms with van der Waals surface area (Å²) < 4.78 is 0. The number of rotatable bonds is 7. The summed E-state index contributed by atoms with van der Waals surface area (Å²) in [5.74, 6) is -1.02. The second kappa shape index (κ2) is 8.09. The minimum atomic E-state index is -1.02. The van der Waals surface area contributed by atoms with Crippen LogP contribution in [0.5, 0.6) is 0 Å². The number of urea groups is 1. The predicted octanol–water partition coefficient (Wildman–Crippen LogP) is 1.52. The third kappa shape index (κ3) is 6.75. The van der Waals surface area contributed by atoms with Crippen LogP contribution in [0.15, 0.2) is 0 Å². The van der Waals surface area contributed by atoms with Gasteiger partial charge < -0.3 is 20.6 Å². The van der Waals surface area contributed by atoms with Gasteiger partial charge in [0.25, 0.3) is 0 Å². The Labute approximate surface area is 121 Å². The molecule has 0 radical (unpaired) electrons. The minimum absolute atomic E-state index is 0.440. The molecular weight excluding hydrogens is 258 g/mol. The van der Waals surface area contributed by atoms with Crippen molar-refractivity contribution in [2.24, 2.45) is 5.41 Å². The first-order valence-electron chi connectivity index (χ1n) is 7.07. The molecule has 2 amide bonds. The van der Waals surface area contributed by atoms with Crippen molar-refractivity contribution in [2.75, 3.05) is 20.1 Å². The van der Waals surface area contributed by atoms with E-state index in [-0.39, 0.29) is 0 Å². The second-order valence-electron chi connectivity index (χ2n) is 6.28. The van der Waals surface area contributed by atoms with Crippen LogP contribution in [0.3, 0.4) is 0 Å². The molecule has 0 saturated heterocycles. The van der Waals surface area contributed by atoms with E-state index in [0.717, 1.165) is 13.0 Å². The average Bonchev–Trinajstić information content (AvgIpc) is 2.32. The smallest absolute Gasteiger partial charge is 0.326 e. The second-order valence-corrected chi connectivity index (χ2v) is 6.28. The summed E-state index contributed by atoms with van der Waals surface area (Å²) >= 11 is 0. The van der Waals surface area contributed by atoms with Gasteiger partial charge in [-0.2, -0.15) is 0 Å². The lowest BCUT2D eigenvalue weighted by atomic mass is 9.87. The zero-order valence-electron chi connectivity index (χ0n) is 13.5. The molecule has 0 aromatic heterocycles. The fourth-order valence-corrected chi connectivity index (χ4v) is 1.71. The zero-order chi connectivity index (χ0) is 15.9. The molecule has 0 saturated carbocycles. The number of carboxylic acid groups (broad SMARTS) is 1. The van der Waals surface area contributed by atoms with Gasteiger partial charge in [0, 0.05) is 19.1 Å². The number of likely N-dealkylation sites (N-methyl/N-ethyl adjacent to an activating group) is 1. The zero-order valence-corrected chi connectivity index (χ0v) is 13.5. The van der Waals surface area contributed by atoms with Crippen molar-refractivity contribution in [3.63, 3.8) is 0 Å². The van der Waals surface area contributed by atoms with Gasteiger partial charge in [-0.25, -0.2) is 9.59 Å². The Morgan fingerprint density at radius 1 is 1.30 bits per heavy atom. The lowest BCUT2D eigenvalue weighted by Crippen LogP contribution is -2.53. The Morgan fingerprint density at radius 2 is 1.85 bits per heavy atom. The first-order chi connectivity index (χ1) is 9.09. The molecule has 118 valence electrons. The third-order valence-electron chi connectivity index (χ3n) is 3.48. The maximum absolute atomic E-state index is 11.7. The Bertz CT molecular complexity index is 326. The molecule has 0 aromatic carbocycles. The highest BCUT2D eigenvalue weighted by Gasteiger charge is 2.32. The molecule has 0 aliphatic heterocycles. The summed E-state index contributed by atoms with van der Waals surface area (Å²) in [6.45, 7) is 10.8. The van der Waals surface area contributed by atoms with Crippen LogP contribution in [-0.4, -0.2) is 54.2 Å². The molecule has 0 aliphatic rings. The summed E-state index contributed by atoms with van der Waals surface area (Å²) in [5.41, 5.74) is -0.531. The van der Waals surface area contributed by atoms with E-state index in [1.165, 1.54) is 0 Å². The number of carbonyl (C=O) groups is 2. The number of carboxylic acids is 1. The lowest BCUT2D eigenvalue weighted by molar-refractivity contribution is -0.141. The summed E-state index contributed by atoms with van der Waals surface area (Å²) in [6.07, 6.45) is 1.05. The summed E-state index contributed by atoms with van der Waals surface area (Å²) in [7, 11) is 2.00. The number of hydrogen-bond donors (Lipinski definition) is 3. The van der Waals surface area contributed by atoms with Crippen LogP contribution in [0.1, 0.15) is 41.0 Å². The molecule has 0 spiro atoms. The lowest BCUT2D eigenvalue weighted by Gasteiger charge is -2.28. The topological polar surface area (TPSA) is 81.7 Å². The summed E-state index contributed by atoms with van der Waals surface area (Å²) in [6, 6.07) is -0.888. The van der Waals surface area contributed by atoms with Crippen LogP contribution in [0.2, 0.25) is 0 Å². The number of carbonyl (C=O) groups excluding carboxylic acids is 1. The molecule has 0 heterocycles. The predicted molar refractivity (Wildman–Crippen MR) is 79.8 cm³/mol. The van der Waals surface area contributed by atoms with Gasteiger partial charge in [0.1, 0.15) is 6.04 Å². The standard InChI is InChI=1S/C14H29N3O3/c1-7-10(2)17(6)9-8-15-13(20)16-11(12(18)19)14(3,4)5/h10-11H,7-9H2,1-6H3,(H,18,19)(H2,15,16,20). The molecule has 0 aromatic rings. The maximum Gasteiger partial charge on any atom is 0.326 e. The summed E-state index contributed by atoms with van der Waals surface area (Å²) in [5, 5.41) is 14.3. The molecule has 3 N–H and O–H groups in total. The molecule has 6 heteroatoms. The Kier molecular flexibility index (Phi) is 7.57. The molecule has 0 aliphatic carbocycles. The highest BCUT2D eigenvalue weighted by molar-refractivity contribution is 5.83. The Balaban J connectivity index is 4.20. The minimum Gasteiger partial charge on any atom is -0.480 e. The SMILES string of the molecule is CCC(C)N(C)CCNC(=O)NC(C(=O)O)C(C)(C)C. The first-order valence-corrected chi connectivity index (χ1v) is 7.07. The van der Waals surface area contributed by atoms with Crippen molar-refractivity contribution in [1.82, 2.24) is 15.5 Å². The van der Waals surface area contributed by atoms with Crippen LogP contribution in [0, 0.1) is 5.41 Å². The normalized spacial score (nSPS) is 14.8. The van der Waals surface area contributed by atoms with Gasteiger partial charge in [-0.1, -0.05) is 27.7 Å². The Hall–Kier alpha value is -1.30. The molecule has 0 fully saturated rings. The van der Waals surface area contributed by atoms with Gasteiger partial charge in [-0.3, -0.25) is 0 Å². The molecule has 2 atom stereocenters. The van der Waals surface area contributed by atoms with Crippen LogP contribution in [-0.2, 0) is 4.79 Å². The van der Waals surface area contributed by atoms with Crippen LogP contribution >= 0.6 is 0 Å². The quantitative estimate of drug-likeness (QED) is 0.663. The first kappa shape index (κ1) is 18.7. The van der Waals surface area contributed by atoms with E-state index in [1.807, 2.05) is 7.05 Å². The number of amides is 2. The van der Waals surface area contributed by atoms with Crippen LogP contribution in [0.4, 0.5) is 4.79 Å². The third-order valence-corrected chi connectivity index (χ3v) is 3.48. The van der Waals surface area contributed by atoms with E-state index in [9.17, 15) is 9.59 Å². The van der Waals surface area contributed by atoms with Crippen molar-refractivity contribution in [3.8, 4) is 0 Å². The van der Waals surface area contributed by atoms with Crippen LogP contribution in [0.25, 0.3) is 0 Å². The van der Waals surface area contributed by atoms with Gasteiger partial charge in [0.15, 0.2) is 0 Å². The highest BCUT2D eigenvalue weighted by atomic mass is 16.4. The van der Waals surface area contributed by atoms with E-state index in [4.69, 9.17) is 5.11 Å². The Morgan fingerprint density at radius 3 is 2.25 bits per heavy atom. The fourth-order valence-electron chi connectivity index (χ4n) is 1.71. The number of hydrogen-bond acceptors (Lipinski definition) is 3. The van der Waals surface area contributed by atoms with Gasteiger partial charge in [-0.15, -0.1) is 0 Å². The number of aliphatic carboxylic acids is 1. The maximum atomic E-state index is 11.7. The molecular formula is C14H29N3O3. The van der Waals surface area contributed by atoms with E-state index in [2.05, 4.69) is 29.4 Å². The van der Waals surface area contributed by atoms with Crippen molar-refractivity contribution in [1.29, 1.82) is 0 Å². The fraction of sp³-hybridized carbons (Fsp3) is 0.857. The van der Waals surface area contributed by atoms with Gasteiger partial charge in [-0.05, 0) is 25.8 Å². The van der Waals surface area contributed by atoms with E-state index in [0.29, 0.717) is 12.6 Å². The monoisotopic (exact) mass is 287 g/mol. The van der Waals surface area contributed by atoms with Crippen molar-refractivity contribution in [2.45, 2.75) is 53.1 Å². The van der Waals surface area contributed by atoms with E-state index >= 15 is 0 Å². The molecule has 2 unspecified atom stereocenters. The van der Waals surface area contributed by atoms with E-state index in [1.54, 1.807) is 20.8 Å². The number of nitrogens with zero attached hydrogens (tertiary/aromatic N) is 1. The van der Waals surface area contributed by atoms with Crippen molar-refractivity contribution < 1.29 is 14.7 Å². The van der Waals surface area contributed by atoms with Crippen molar-refractivity contribution in [3.05, 3.63) is 0 Å². The largest absolute Gasteiger partial charge is 0.480 e. The van der Waals surface area contributed by atoms with E-state index < -0.39 is 23.5 Å². The van der Waals surface area contributed by atoms with Gasteiger partial charge in [0.05, 0.1) is 0 Å². The average molecular weight is 287 g/mol.